The molecule has 2 aromatic heterocycles. The lowest BCUT2D eigenvalue weighted by Crippen LogP contribution is -2.21. The molecule has 0 radical (unpaired) electrons. The Morgan fingerprint density at radius 2 is 0.970 bits per heavy atom. The molecular formula is C42H50N14O8S2. The van der Waals surface area contributed by atoms with Gasteiger partial charge in [0.05, 0.1) is 25.3 Å². The van der Waals surface area contributed by atoms with E-state index in [4.69, 9.17) is 19.8 Å². The second-order valence-electron chi connectivity index (χ2n) is 13.9. The lowest BCUT2D eigenvalue weighted by Gasteiger charge is -2.13. The Morgan fingerprint density at radius 1 is 0.530 bits per heavy atom. The van der Waals surface area contributed by atoms with Gasteiger partial charge in [0.15, 0.2) is 0 Å². The molecule has 22 nitrogen and oxygen atoms in total. The topological polar surface area (TPSA) is 307 Å². The van der Waals surface area contributed by atoms with Crippen LogP contribution in [-0.2, 0) is 19.5 Å². The molecule has 2 heterocycles. The molecule has 0 spiro atoms. The fourth-order valence-electron chi connectivity index (χ4n) is 5.95. The number of para-hydroxylation sites is 2. The second kappa shape index (κ2) is 25.8. The molecule has 0 fully saturated rings. The van der Waals surface area contributed by atoms with Gasteiger partial charge in [-0.3, -0.25) is 4.55 Å². The summed E-state index contributed by atoms with van der Waals surface area (Å²) < 4.78 is 40.7. The average Bonchev–Trinajstić information content (AvgIpc) is 3.31. The van der Waals surface area contributed by atoms with E-state index >= 15 is 0 Å². The number of nitrogens with one attached hydrogen (secondary N) is 8. The van der Waals surface area contributed by atoms with Gasteiger partial charge < -0.3 is 52.7 Å². The van der Waals surface area contributed by atoms with Crippen molar-refractivity contribution >= 4 is 92.8 Å². The number of aromatic nitrogens is 6. The van der Waals surface area contributed by atoms with E-state index in [1.807, 2.05) is 60.7 Å². The monoisotopic (exact) mass is 942 g/mol. The van der Waals surface area contributed by atoms with E-state index in [0.29, 0.717) is 79.8 Å². The molecule has 0 saturated carbocycles. The maximum absolute atomic E-state index is 12.8. The first-order chi connectivity index (χ1) is 32.2. The third kappa shape index (κ3) is 16.1. The van der Waals surface area contributed by atoms with Crippen molar-refractivity contribution in [1.29, 1.82) is 0 Å². The van der Waals surface area contributed by atoms with Crippen LogP contribution in [-0.4, -0.2) is 111 Å². The molecule has 0 amide bonds. The molecule has 348 valence electrons. The van der Waals surface area contributed by atoms with Gasteiger partial charge >= 0.3 is 0 Å². The molecule has 0 aliphatic rings. The van der Waals surface area contributed by atoms with Gasteiger partial charge in [-0.15, -0.1) is 4.33 Å². The number of anilines is 10. The zero-order valence-corrected chi connectivity index (χ0v) is 37.0. The average molecular weight is 943 g/mol. The van der Waals surface area contributed by atoms with Crippen molar-refractivity contribution in [3.05, 3.63) is 108 Å². The fourth-order valence-corrected chi connectivity index (χ4v) is 7.18. The molecule has 0 atom stereocenters. The molecule has 0 saturated heterocycles. The first kappa shape index (κ1) is 48.9. The Bertz CT molecular complexity index is 2590. The largest absolute Gasteiger partial charge is 0.395 e. The summed E-state index contributed by atoms with van der Waals surface area (Å²) in [6.45, 7) is 3.47. The first-order valence-corrected chi connectivity index (χ1v) is 22.8. The quantitative estimate of drug-likeness (QED) is 0.00707. The Morgan fingerprint density at radius 3 is 1.44 bits per heavy atom. The van der Waals surface area contributed by atoms with Gasteiger partial charge in [-0.25, -0.2) is 5.26 Å². The summed E-state index contributed by atoms with van der Waals surface area (Å²) in [7, 11) is -4.76. The highest BCUT2D eigenvalue weighted by Crippen LogP contribution is 2.32. The lowest BCUT2D eigenvalue weighted by atomic mass is 10.1. The number of nitrogens with zero attached hydrogens (tertiary/aromatic N) is 6. The maximum atomic E-state index is 12.8. The van der Waals surface area contributed by atoms with Crippen LogP contribution < -0.4 is 42.5 Å². The number of aliphatic hydroxyl groups excluding tert-OH is 2. The minimum absolute atomic E-state index is 0.0393. The van der Waals surface area contributed by atoms with Gasteiger partial charge in [-0.1, -0.05) is 65.7 Å². The first-order valence-electron chi connectivity index (χ1n) is 20.6. The summed E-state index contributed by atoms with van der Waals surface area (Å²) >= 11 is 0.677. The van der Waals surface area contributed by atoms with Crippen LogP contribution >= 0.6 is 12.0 Å². The van der Waals surface area contributed by atoms with E-state index in [0.717, 1.165) is 17.8 Å². The van der Waals surface area contributed by atoms with E-state index in [9.17, 15) is 13.0 Å². The molecule has 66 heavy (non-hydrogen) atoms. The summed E-state index contributed by atoms with van der Waals surface area (Å²) in [5.41, 5.74) is 2.91. The zero-order chi connectivity index (χ0) is 46.4. The number of benzene rings is 4. The molecular weight excluding hydrogens is 893 g/mol. The predicted molar refractivity (Wildman–Crippen MR) is 254 cm³/mol. The van der Waals surface area contributed by atoms with Crippen LogP contribution in [0.1, 0.15) is 24.0 Å². The van der Waals surface area contributed by atoms with E-state index < -0.39 is 15.0 Å². The highest BCUT2D eigenvalue weighted by molar-refractivity contribution is 7.94. The van der Waals surface area contributed by atoms with Crippen LogP contribution in [0.3, 0.4) is 0 Å². The van der Waals surface area contributed by atoms with Crippen molar-refractivity contribution < 1.29 is 37.8 Å². The van der Waals surface area contributed by atoms with Crippen LogP contribution in [0.25, 0.3) is 12.2 Å². The zero-order valence-electron chi connectivity index (χ0n) is 35.4. The molecule has 0 unspecified atom stereocenters. The van der Waals surface area contributed by atoms with Gasteiger partial charge in [0.1, 0.15) is 4.90 Å². The second-order valence-corrected chi connectivity index (χ2v) is 16.0. The Kier molecular flexibility index (Phi) is 19.1. The molecule has 24 heteroatoms. The van der Waals surface area contributed by atoms with Crippen LogP contribution in [0.5, 0.6) is 0 Å². The van der Waals surface area contributed by atoms with Gasteiger partial charge in [-0.05, 0) is 85.6 Å². The summed E-state index contributed by atoms with van der Waals surface area (Å²) in [6, 6.07) is 28.1. The van der Waals surface area contributed by atoms with Crippen molar-refractivity contribution in [2.45, 2.75) is 22.6 Å². The Balaban J connectivity index is 1.22. The summed E-state index contributed by atoms with van der Waals surface area (Å²) in [5, 5.41) is 56.0. The normalized spacial score (nSPS) is 11.4. The smallest absolute Gasteiger partial charge is 0.295 e. The van der Waals surface area contributed by atoms with Crippen molar-refractivity contribution in [3.8, 4) is 0 Å². The van der Waals surface area contributed by atoms with E-state index in [-0.39, 0.29) is 54.2 Å². The highest BCUT2D eigenvalue weighted by Gasteiger charge is 2.17. The van der Waals surface area contributed by atoms with Crippen LogP contribution in [0, 0.1) is 0 Å². The Hall–Kier alpha value is -6.58. The fraction of sp³-hybridized carbons (Fsp3) is 0.238. The van der Waals surface area contributed by atoms with Crippen molar-refractivity contribution in [2.24, 2.45) is 0 Å². The predicted octanol–water partition coefficient (Wildman–Crippen LogP) is 5.64. The molecule has 0 aliphatic carbocycles. The van der Waals surface area contributed by atoms with Crippen molar-refractivity contribution in [3.63, 3.8) is 0 Å². The van der Waals surface area contributed by atoms with Crippen LogP contribution in [0.2, 0.25) is 0 Å². The van der Waals surface area contributed by atoms with Gasteiger partial charge in [0.2, 0.25) is 35.7 Å². The third-order valence-corrected chi connectivity index (χ3v) is 10.5. The molecule has 12 N–H and O–H groups in total. The third-order valence-electron chi connectivity index (χ3n) is 8.95. The Labute approximate surface area is 385 Å². The standard InChI is InChI=1S/C42H50N14O8S2/c57-25-23-43-19-7-21-45-37-51-39(47-31-9-3-1-4-10-31)55-41(53-37)49-33-17-15-29(35(27-33)65-64-63-59)13-14-30-16-18-34(28-36(30)66(60,61)62)50-42-54-38(46-22-8-20-44-24-26-58)52-40(56-42)48-32-11-5-2-6-12-32/h1-6,9-18,27-28,43-44,57-59H,7-8,19-26H2,(H,60,61,62)(H3,45,47,49,51,53,55)(H3,46,48,50,52,54,56)/b14-13+. The van der Waals surface area contributed by atoms with Gasteiger partial charge in [0.25, 0.3) is 10.1 Å². The summed E-state index contributed by atoms with van der Waals surface area (Å²) in [5.74, 6) is 1.34. The van der Waals surface area contributed by atoms with Crippen molar-refractivity contribution in [2.75, 3.05) is 84.4 Å². The van der Waals surface area contributed by atoms with Crippen molar-refractivity contribution in [1.82, 2.24) is 40.5 Å². The lowest BCUT2D eigenvalue weighted by molar-refractivity contribution is -0.432. The number of hydrogen-bond acceptors (Lipinski definition) is 22. The summed E-state index contributed by atoms with van der Waals surface area (Å²) in [4.78, 5) is 27.0. The molecule has 6 rings (SSSR count). The van der Waals surface area contributed by atoms with E-state index in [1.165, 1.54) is 18.2 Å². The van der Waals surface area contributed by atoms with Gasteiger partial charge in [0, 0.05) is 53.8 Å². The molecule has 0 aliphatic heterocycles. The number of aliphatic hydroxyl groups is 2. The van der Waals surface area contributed by atoms with E-state index in [1.54, 1.807) is 30.3 Å². The number of hydrogen-bond donors (Lipinski definition) is 12. The molecule has 6 aromatic rings. The summed E-state index contributed by atoms with van der Waals surface area (Å²) in [6.07, 6.45) is 4.54. The molecule has 0 bridgehead atoms. The minimum atomic E-state index is -4.76. The van der Waals surface area contributed by atoms with Crippen LogP contribution in [0.4, 0.5) is 58.4 Å². The minimum Gasteiger partial charge on any atom is -0.395 e. The van der Waals surface area contributed by atoms with E-state index in [2.05, 4.69) is 77.5 Å². The molecule has 4 aromatic carbocycles. The maximum Gasteiger partial charge on any atom is 0.295 e. The van der Waals surface area contributed by atoms with Crippen LogP contribution in [0.15, 0.2) is 107 Å². The SMILES string of the molecule is O=S(=O)(O)c1cc(Nc2nc(NCCCNCCO)nc(Nc3ccccc3)n2)ccc1/C=C/c1ccc(Nc2nc(NCCCNCCO)nc(Nc3ccccc3)n2)cc1SOOO. The van der Waals surface area contributed by atoms with Gasteiger partial charge in [-0.2, -0.15) is 38.3 Å². The highest BCUT2D eigenvalue weighted by atomic mass is 32.2. The number of rotatable bonds is 28.